The summed E-state index contributed by atoms with van der Waals surface area (Å²) in [6.07, 6.45) is 38.6. The van der Waals surface area contributed by atoms with Gasteiger partial charge in [-0.2, -0.15) is 0 Å². The lowest BCUT2D eigenvalue weighted by Gasteiger charge is -2.15. The summed E-state index contributed by atoms with van der Waals surface area (Å²) in [7, 11) is 0. The van der Waals surface area contributed by atoms with Crippen molar-refractivity contribution in [3.8, 4) is 0 Å². The molecule has 0 spiro atoms. The van der Waals surface area contributed by atoms with Gasteiger partial charge in [-0.05, 0) is 38.5 Å². The molecule has 0 saturated heterocycles. The number of rotatable bonds is 34. The van der Waals surface area contributed by atoms with Crippen molar-refractivity contribution in [2.45, 2.75) is 206 Å². The van der Waals surface area contributed by atoms with E-state index >= 15 is 0 Å². The predicted octanol–water partition coefficient (Wildman–Crippen LogP) is 11.3. The zero-order chi connectivity index (χ0) is 31.5. The van der Waals surface area contributed by atoms with Crippen molar-refractivity contribution in [1.82, 2.24) is 0 Å². The van der Waals surface area contributed by atoms with Gasteiger partial charge in [0.15, 0.2) is 6.10 Å². The quantitative estimate of drug-likeness (QED) is 0.0447. The number of hydrogen-bond donors (Lipinski definition) is 1. The normalized spacial score (nSPS) is 12.2. The number of allylic oxidation sites excluding steroid dienone is 2. The number of unbranched alkanes of at least 4 members (excludes halogenated alkanes) is 24. The predicted molar refractivity (Wildman–Crippen MR) is 182 cm³/mol. The second-order valence-electron chi connectivity index (χ2n) is 12.7. The van der Waals surface area contributed by atoms with Gasteiger partial charge in [-0.1, -0.05) is 161 Å². The van der Waals surface area contributed by atoms with Crippen molar-refractivity contribution in [1.29, 1.82) is 0 Å². The maximum absolute atomic E-state index is 12.0. The molecule has 0 fully saturated rings. The molecule has 0 bridgehead atoms. The maximum Gasteiger partial charge on any atom is 0.306 e. The van der Waals surface area contributed by atoms with Gasteiger partial charge in [-0.3, -0.25) is 9.59 Å². The molecule has 0 saturated carbocycles. The van der Waals surface area contributed by atoms with Gasteiger partial charge < -0.3 is 14.6 Å². The lowest BCUT2D eigenvalue weighted by Crippen LogP contribution is -2.28. The van der Waals surface area contributed by atoms with Crippen LogP contribution in [0, 0.1) is 0 Å². The van der Waals surface area contributed by atoms with Gasteiger partial charge in [0.05, 0.1) is 6.61 Å². The fourth-order valence-electron chi connectivity index (χ4n) is 5.43. The van der Waals surface area contributed by atoms with Gasteiger partial charge in [0.25, 0.3) is 0 Å². The monoisotopic (exact) mass is 609 g/mol. The first kappa shape index (κ1) is 41.6. The van der Waals surface area contributed by atoms with E-state index in [1.165, 1.54) is 135 Å². The van der Waals surface area contributed by atoms with Gasteiger partial charge in [-0.25, -0.2) is 0 Å². The van der Waals surface area contributed by atoms with Crippen LogP contribution in [0.2, 0.25) is 0 Å². The highest BCUT2D eigenvalue weighted by molar-refractivity contribution is 5.70. The van der Waals surface area contributed by atoms with E-state index in [-0.39, 0.29) is 25.2 Å². The number of esters is 2. The van der Waals surface area contributed by atoms with Crippen molar-refractivity contribution in [2.75, 3.05) is 13.2 Å². The molecular formula is C38H72O5. The Hall–Kier alpha value is -1.36. The molecule has 43 heavy (non-hydrogen) atoms. The summed E-state index contributed by atoms with van der Waals surface area (Å²) in [4.78, 5) is 24.1. The lowest BCUT2D eigenvalue weighted by molar-refractivity contribution is -0.161. The van der Waals surface area contributed by atoms with Crippen LogP contribution < -0.4 is 0 Å². The van der Waals surface area contributed by atoms with Gasteiger partial charge in [0.1, 0.15) is 6.61 Å². The first-order valence-corrected chi connectivity index (χ1v) is 18.7. The third-order valence-corrected chi connectivity index (χ3v) is 8.31. The number of carbonyl (C=O) groups is 2. The minimum Gasteiger partial charge on any atom is -0.462 e. The molecule has 5 nitrogen and oxygen atoms in total. The highest BCUT2D eigenvalue weighted by Crippen LogP contribution is 2.14. The minimum absolute atomic E-state index is 0.0611. The Morgan fingerprint density at radius 2 is 0.860 bits per heavy atom. The fourth-order valence-corrected chi connectivity index (χ4v) is 5.43. The molecule has 0 aromatic rings. The van der Waals surface area contributed by atoms with Crippen LogP contribution in [0.1, 0.15) is 200 Å². The van der Waals surface area contributed by atoms with E-state index in [1.807, 2.05) is 0 Å². The largest absolute Gasteiger partial charge is 0.462 e. The van der Waals surface area contributed by atoms with Crippen LogP contribution in [0.25, 0.3) is 0 Å². The van der Waals surface area contributed by atoms with Gasteiger partial charge in [-0.15, -0.1) is 0 Å². The Kier molecular flexibility index (Phi) is 34.0. The third-order valence-electron chi connectivity index (χ3n) is 8.31. The van der Waals surface area contributed by atoms with Crippen LogP contribution in [0.4, 0.5) is 0 Å². The summed E-state index contributed by atoms with van der Waals surface area (Å²) < 4.78 is 10.5. The smallest absolute Gasteiger partial charge is 0.306 e. The van der Waals surface area contributed by atoms with Crippen molar-refractivity contribution in [3.63, 3.8) is 0 Å². The van der Waals surface area contributed by atoms with Crippen molar-refractivity contribution >= 4 is 11.9 Å². The van der Waals surface area contributed by atoms with Crippen LogP contribution in [0.5, 0.6) is 0 Å². The molecule has 1 N–H and O–H groups in total. The maximum atomic E-state index is 12.0. The van der Waals surface area contributed by atoms with Crippen molar-refractivity contribution in [3.05, 3.63) is 12.2 Å². The molecule has 0 heterocycles. The number of hydrogen-bond acceptors (Lipinski definition) is 5. The zero-order valence-corrected chi connectivity index (χ0v) is 28.7. The summed E-state index contributed by atoms with van der Waals surface area (Å²) in [5, 5.41) is 9.49. The second kappa shape index (κ2) is 35.1. The van der Waals surface area contributed by atoms with Crippen molar-refractivity contribution in [2.24, 2.45) is 0 Å². The molecule has 254 valence electrons. The van der Waals surface area contributed by atoms with Crippen LogP contribution in [-0.4, -0.2) is 36.4 Å². The number of aliphatic hydroxyl groups is 1. The molecule has 0 rings (SSSR count). The summed E-state index contributed by atoms with van der Waals surface area (Å²) in [5.41, 5.74) is 0. The molecule has 0 aromatic carbocycles. The van der Waals surface area contributed by atoms with E-state index in [2.05, 4.69) is 26.0 Å². The average molecular weight is 609 g/mol. The Labute approximate surface area is 267 Å². The number of ether oxygens (including phenoxy) is 2. The van der Waals surface area contributed by atoms with Crippen molar-refractivity contribution < 1.29 is 24.2 Å². The van der Waals surface area contributed by atoms with Crippen LogP contribution in [0.3, 0.4) is 0 Å². The molecule has 0 amide bonds. The molecular weight excluding hydrogens is 536 g/mol. The average Bonchev–Trinajstić information content (AvgIpc) is 3.01. The molecule has 0 unspecified atom stereocenters. The van der Waals surface area contributed by atoms with Crippen LogP contribution >= 0.6 is 0 Å². The number of aliphatic hydroxyl groups excluding tert-OH is 1. The Bertz CT molecular complexity index is 617. The van der Waals surface area contributed by atoms with E-state index in [0.29, 0.717) is 12.8 Å². The zero-order valence-electron chi connectivity index (χ0n) is 28.7. The molecule has 0 radical (unpaired) electrons. The summed E-state index contributed by atoms with van der Waals surface area (Å²) in [5.74, 6) is -0.589. The Morgan fingerprint density at radius 3 is 1.26 bits per heavy atom. The van der Waals surface area contributed by atoms with Gasteiger partial charge in [0.2, 0.25) is 0 Å². The number of carbonyl (C=O) groups excluding carboxylic acids is 2. The van der Waals surface area contributed by atoms with Crippen LogP contribution in [0.15, 0.2) is 12.2 Å². The van der Waals surface area contributed by atoms with Gasteiger partial charge >= 0.3 is 11.9 Å². The minimum atomic E-state index is -0.762. The van der Waals surface area contributed by atoms with Gasteiger partial charge in [0, 0.05) is 12.8 Å². The Balaban J connectivity index is 3.46. The molecule has 0 aromatic heterocycles. The molecule has 0 aliphatic heterocycles. The first-order valence-electron chi connectivity index (χ1n) is 18.7. The SMILES string of the molecule is CCCCCCCC/C=C/CCCCCCCCCCCCCC(=O)OC[C@H](CO)OC(=O)CCCCCCCCCC. The molecule has 0 aliphatic rings. The standard InChI is InChI=1S/C38H72O5/c1-3-5-7-9-11-13-14-15-16-17-18-19-20-21-22-23-24-25-27-28-30-32-37(40)42-35-36(34-39)43-38(41)33-31-29-26-12-10-8-6-4-2/h15-16,36,39H,3-14,17-35H2,1-2H3/b16-15+/t36-/m0/s1. The summed E-state index contributed by atoms with van der Waals surface area (Å²) in [6.45, 7) is 4.10. The summed E-state index contributed by atoms with van der Waals surface area (Å²) in [6, 6.07) is 0. The van der Waals surface area contributed by atoms with E-state index in [1.54, 1.807) is 0 Å². The molecule has 5 heteroatoms. The van der Waals surface area contributed by atoms with E-state index in [9.17, 15) is 14.7 Å². The second-order valence-corrected chi connectivity index (χ2v) is 12.7. The fraction of sp³-hybridized carbons (Fsp3) is 0.895. The van der Waals surface area contributed by atoms with E-state index < -0.39 is 6.10 Å². The third kappa shape index (κ3) is 33.4. The molecule has 1 atom stereocenters. The highest BCUT2D eigenvalue weighted by Gasteiger charge is 2.16. The van der Waals surface area contributed by atoms with Crippen LogP contribution in [-0.2, 0) is 19.1 Å². The summed E-state index contributed by atoms with van der Waals surface area (Å²) >= 11 is 0. The highest BCUT2D eigenvalue weighted by atomic mass is 16.6. The lowest BCUT2D eigenvalue weighted by atomic mass is 10.0. The first-order chi connectivity index (χ1) is 21.1. The Morgan fingerprint density at radius 1 is 0.512 bits per heavy atom. The van der Waals surface area contributed by atoms with E-state index in [0.717, 1.165) is 38.5 Å². The van der Waals surface area contributed by atoms with E-state index in [4.69, 9.17) is 9.47 Å². The molecule has 0 aliphatic carbocycles. The topological polar surface area (TPSA) is 72.8 Å².